The minimum Gasteiger partial charge on any atom is -0.496 e. The third-order valence-corrected chi connectivity index (χ3v) is 4.41. The molecule has 1 aliphatic carbocycles. The van der Waals surface area contributed by atoms with E-state index in [0.717, 1.165) is 18.7 Å². The molecule has 0 bridgehead atoms. The molecule has 3 heteroatoms. The van der Waals surface area contributed by atoms with Gasteiger partial charge in [0.15, 0.2) is 0 Å². The number of rotatable bonds is 4. The molecule has 1 unspecified atom stereocenters. The number of nitrogens with one attached hydrogen (secondary N) is 1. The zero-order chi connectivity index (χ0) is 13.9. The highest BCUT2D eigenvalue weighted by Gasteiger charge is 2.22. The van der Waals surface area contributed by atoms with Gasteiger partial charge in [-0.15, -0.1) is 0 Å². The van der Waals surface area contributed by atoms with Crippen LogP contribution in [0.2, 0.25) is 0 Å². The van der Waals surface area contributed by atoms with Crippen molar-refractivity contribution in [3.05, 3.63) is 63.6 Å². The molecule has 0 saturated heterocycles. The van der Waals surface area contributed by atoms with Crippen molar-refractivity contribution in [3.63, 3.8) is 0 Å². The maximum absolute atomic E-state index is 5.40. The topological polar surface area (TPSA) is 21.3 Å². The molecule has 0 aliphatic heterocycles. The number of benzene rings is 2. The molecule has 2 aromatic carbocycles. The molecular formula is C17H18BrNO. The van der Waals surface area contributed by atoms with Crippen LogP contribution in [0.1, 0.15) is 29.2 Å². The lowest BCUT2D eigenvalue weighted by Crippen LogP contribution is -2.19. The number of hydrogen-bond donors (Lipinski definition) is 1. The lowest BCUT2D eigenvalue weighted by atomic mass is 10.1. The molecule has 0 radical (unpaired) electrons. The molecule has 2 nitrogen and oxygen atoms in total. The van der Waals surface area contributed by atoms with Crippen molar-refractivity contribution < 1.29 is 4.74 Å². The van der Waals surface area contributed by atoms with Crippen molar-refractivity contribution in [2.75, 3.05) is 7.11 Å². The summed E-state index contributed by atoms with van der Waals surface area (Å²) in [4.78, 5) is 0. The van der Waals surface area contributed by atoms with E-state index in [2.05, 4.69) is 51.6 Å². The molecule has 0 aromatic heterocycles. The Labute approximate surface area is 128 Å². The second kappa shape index (κ2) is 5.98. The monoisotopic (exact) mass is 331 g/mol. The van der Waals surface area contributed by atoms with E-state index in [1.165, 1.54) is 27.6 Å². The summed E-state index contributed by atoms with van der Waals surface area (Å²) in [6, 6.07) is 15.2. The standard InChI is InChI=1S/C17H18BrNO/c1-20-17-5-3-2-4-13(17)11-19-16-9-6-12-10-14(18)7-8-15(12)16/h2-5,7-8,10,16,19H,6,9,11H2,1H3. The van der Waals surface area contributed by atoms with Crippen LogP contribution >= 0.6 is 15.9 Å². The van der Waals surface area contributed by atoms with Gasteiger partial charge in [-0.3, -0.25) is 0 Å². The molecule has 1 aliphatic rings. The summed E-state index contributed by atoms with van der Waals surface area (Å²) in [7, 11) is 1.72. The highest BCUT2D eigenvalue weighted by Crippen LogP contribution is 2.33. The molecule has 2 aromatic rings. The van der Waals surface area contributed by atoms with E-state index >= 15 is 0 Å². The first kappa shape index (κ1) is 13.7. The molecule has 1 atom stereocenters. The second-order valence-corrected chi connectivity index (χ2v) is 6.04. The Kier molecular flexibility index (Phi) is 4.08. The van der Waals surface area contributed by atoms with Crippen molar-refractivity contribution in [1.29, 1.82) is 0 Å². The summed E-state index contributed by atoms with van der Waals surface area (Å²) < 4.78 is 6.57. The van der Waals surface area contributed by atoms with Crippen LogP contribution in [-0.2, 0) is 13.0 Å². The lowest BCUT2D eigenvalue weighted by Gasteiger charge is -2.15. The van der Waals surface area contributed by atoms with Gasteiger partial charge in [0.1, 0.15) is 5.75 Å². The molecule has 20 heavy (non-hydrogen) atoms. The number of ether oxygens (including phenoxy) is 1. The number of hydrogen-bond acceptors (Lipinski definition) is 2. The fourth-order valence-electron chi connectivity index (χ4n) is 2.88. The molecule has 0 heterocycles. The Hall–Kier alpha value is -1.32. The third-order valence-electron chi connectivity index (χ3n) is 3.91. The quantitative estimate of drug-likeness (QED) is 0.904. The number of para-hydroxylation sites is 1. The van der Waals surface area contributed by atoms with E-state index in [1.54, 1.807) is 7.11 Å². The molecule has 0 spiro atoms. The molecule has 0 amide bonds. The molecule has 0 saturated carbocycles. The van der Waals surface area contributed by atoms with Gasteiger partial charge in [-0.1, -0.05) is 40.2 Å². The Morgan fingerprint density at radius 3 is 2.95 bits per heavy atom. The first-order valence-corrected chi connectivity index (χ1v) is 7.71. The zero-order valence-corrected chi connectivity index (χ0v) is 13.1. The van der Waals surface area contributed by atoms with E-state index in [1.807, 2.05) is 12.1 Å². The largest absolute Gasteiger partial charge is 0.496 e. The highest BCUT2D eigenvalue weighted by molar-refractivity contribution is 9.10. The fourth-order valence-corrected chi connectivity index (χ4v) is 3.29. The van der Waals surface area contributed by atoms with Gasteiger partial charge < -0.3 is 10.1 Å². The Morgan fingerprint density at radius 2 is 2.10 bits per heavy atom. The van der Waals surface area contributed by atoms with Crippen LogP contribution in [0.15, 0.2) is 46.9 Å². The van der Waals surface area contributed by atoms with Gasteiger partial charge in [-0.05, 0) is 42.2 Å². The van der Waals surface area contributed by atoms with Crippen LogP contribution in [0, 0.1) is 0 Å². The van der Waals surface area contributed by atoms with Crippen LogP contribution in [0.4, 0.5) is 0 Å². The first-order chi connectivity index (χ1) is 9.78. The van der Waals surface area contributed by atoms with Crippen LogP contribution in [-0.4, -0.2) is 7.11 Å². The van der Waals surface area contributed by atoms with Gasteiger partial charge in [0.05, 0.1) is 7.11 Å². The lowest BCUT2D eigenvalue weighted by molar-refractivity contribution is 0.405. The average Bonchev–Trinajstić information content (AvgIpc) is 2.87. The average molecular weight is 332 g/mol. The Balaban J connectivity index is 1.72. The van der Waals surface area contributed by atoms with Crippen molar-refractivity contribution in [2.45, 2.75) is 25.4 Å². The van der Waals surface area contributed by atoms with Gasteiger partial charge >= 0.3 is 0 Å². The van der Waals surface area contributed by atoms with Crippen LogP contribution in [0.25, 0.3) is 0 Å². The summed E-state index contributed by atoms with van der Waals surface area (Å²) in [6.07, 6.45) is 2.32. The maximum atomic E-state index is 5.40. The summed E-state index contributed by atoms with van der Waals surface area (Å²) in [6.45, 7) is 0.837. The fraction of sp³-hybridized carbons (Fsp3) is 0.294. The number of methoxy groups -OCH3 is 1. The predicted octanol–water partition coefficient (Wildman–Crippen LogP) is 4.23. The summed E-state index contributed by atoms with van der Waals surface area (Å²) in [5, 5.41) is 3.65. The van der Waals surface area contributed by atoms with Gasteiger partial charge in [-0.25, -0.2) is 0 Å². The smallest absolute Gasteiger partial charge is 0.123 e. The van der Waals surface area contributed by atoms with Gasteiger partial charge in [0.2, 0.25) is 0 Å². The van der Waals surface area contributed by atoms with Crippen molar-refractivity contribution in [1.82, 2.24) is 5.32 Å². The molecule has 1 N–H and O–H groups in total. The van der Waals surface area contributed by atoms with Crippen molar-refractivity contribution in [2.24, 2.45) is 0 Å². The highest BCUT2D eigenvalue weighted by atomic mass is 79.9. The van der Waals surface area contributed by atoms with Gasteiger partial charge in [0, 0.05) is 22.6 Å². The van der Waals surface area contributed by atoms with E-state index in [9.17, 15) is 0 Å². The van der Waals surface area contributed by atoms with E-state index in [-0.39, 0.29) is 0 Å². The number of aryl methyl sites for hydroxylation is 1. The van der Waals surface area contributed by atoms with Crippen LogP contribution in [0.5, 0.6) is 5.75 Å². The molecule has 104 valence electrons. The van der Waals surface area contributed by atoms with Gasteiger partial charge in [-0.2, -0.15) is 0 Å². The summed E-state index contributed by atoms with van der Waals surface area (Å²) in [5.41, 5.74) is 4.10. The predicted molar refractivity (Wildman–Crippen MR) is 85.0 cm³/mol. The minimum absolute atomic E-state index is 0.447. The molecule has 0 fully saturated rings. The zero-order valence-electron chi connectivity index (χ0n) is 11.5. The van der Waals surface area contributed by atoms with E-state index in [0.29, 0.717) is 6.04 Å². The normalized spacial score (nSPS) is 17.0. The van der Waals surface area contributed by atoms with Crippen LogP contribution < -0.4 is 10.1 Å². The van der Waals surface area contributed by atoms with Gasteiger partial charge in [0.25, 0.3) is 0 Å². The van der Waals surface area contributed by atoms with E-state index in [4.69, 9.17) is 4.74 Å². The Bertz CT molecular complexity index is 612. The van der Waals surface area contributed by atoms with E-state index < -0.39 is 0 Å². The SMILES string of the molecule is COc1ccccc1CNC1CCc2cc(Br)ccc21. The summed E-state index contributed by atoms with van der Waals surface area (Å²) in [5.74, 6) is 0.953. The van der Waals surface area contributed by atoms with Crippen molar-refractivity contribution in [3.8, 4) is 5.75 Å². The molecular weight excluding hydrogens is 314 g/mol. The van der Waals surface area contributed by atoms with Crippen LogP contribution in [0.3, 0.4) is 0 Å². The molecule has 3 rings (SSSR count). The minimum atomic E-state index is 0.447. The van der Waals surface area contributed by atoms with Crippen molar-refractivity contribution >= 4 is 15.9 Å². The summed E-state index contributed by atoms with van der Waals surface area (Å²) >= 11 is 3.54. The number of halogens is 1. The Morgan fingerprint density at radius 1 is 1.25 bits per heavy atom. The first-order valence-electron chi connectivity index (χ1n) is 6.91. The number of fused-ring (bicyclic) bond motifs is 1. The third kappa shape index (κ3) is 2.74. The second-order valence-electron chi connectivity index (χ2n) is 5.13. The maximum Gasteiger partial charge on any atom is 0.123 e.